The van der Waals surface area contributed by atoms with E-state index in [0.29, 0.717) is 5.69 Å². The Morgan fingerprint density at radius 3 is 2.91 bits per heavy atom. The number of carbonyl (C=O) groups excluding carboxylic acids is 1. The number of amides is 1. The standard InChI is InChI=1S/C18H16FN2O/c19-15-7-8-17(16(20)11-15)21-18(22)9-5-12-4-6-13-2-1-3-14(13)10-12/h2,4-11H,1,3,20H2,(H,21,22)/b9-5+. The lowest BCUT2D eigenvalue weighted by atomic mass is 10.1. The van der Waals surface area contributed by atoms with Crippen molar-refractivity contribution in [3.05, 3.63) is 71.4 Å². The molecule has 2 aromatic rings. The largest absolute Gasteiger partial charge is 0.397 e. The molecule has 3 N–H and O–H groups in total. The van der Waals surface area contributed by atoms with Crippen LogP contribution in [0.4, 0.5) is 15.8 Å². The second-order valence-electron chi connectivity index (χ2n) is 5.26. The van der Waals surface area contributed by atoms with Gasteiger partial charge in [-0.05, 0) is 60.2 Å². The van der Waals surface area contributed by atoms with Crippen LogP contribution in [0.2, 0.25) is 0 Å². The van der Waals surface area contributed by atoms with Crippen LogP contribution in [0.15, 0.2) is 42.5 Å². The third-order valence-electron chi connectivity index (χ3n) is 3.64. The summed E-state index contributed by atoms with van der Waals surface area (Å²) >= 11 is 0. The van der Waals surface area contributed by atoms with Crippen molar-refractivity contribution < 1.29 is 9.18 Å². The van der Waals surface area contributed by atoms with E-state index in [1.54, 1.807) is 6.08 Å². The second-order valence-corrected chi connectivity index (χ2v) is 5.26. The average Bonchev–Trinajstić information content (AvgIpc) is 2.95. The highest BCUT2D eigenvalue weighted by molar-refractivity contribution is 6.03. The quantitative estimate of drug-likeness (QED) is 0.672. The average molecular weight is 295 g/mol. The van der Waals surface area contributed by atoms with Crippen molar-refractivity contribution in [2.24, 2.45) is 0 Å². The monoisotopic (exact) mass is 295 g/mol. The highest BCUT2D eigenvalue weighted by Crippen LogP contribution is 2.25. The zero-order chi connectivity index (χ0) is 15.5. The Labute approximate surface area is 128 Å². The molecule has 0 bridgehead atoms. The van der Waals surface area contributed by atoms with E-state index < -0.39 is 5.82 Å². The molecule has 0 heterocycles. The van der Waals surface area contributed by atoms with E-state index in [2.05, 4.69) is 23.9 Å². The molecule has 1 radical (unpaired) electrons. The molecular formula is C18H16FN2O. The molecule has 22 heavy (non-hydrogen) atoms. The smallest absolute Gasteiger partial charge is 0.248 e. The number of halogens is 1. The first-order chi connectivity index (χ1) is 10.6. The predicted octanol–water partition coefficient (Wildman–Crippen LogP) is 3.56. The summed E-state index contributed by atoms with van der Waals surface area (Å²) in [5.41, 5.74) is 9.83. The van der Waals surface area contributed by atoms with Crippen molar-refractivity contribution in [3.8, 4) is 0 Å². The Morgan fingerprint density at radius 1 is 1.23 bits per heavy atom. The predicted molar refractivity (Wildman–Crippen MR) is 86.6 cm³/mol. The lowest BCUT2D eigenvalue weighted by Gasteiger charge is -2.06. The number of nitrogen functional groups attached to an aromatic ring is 1. The number of hydrogen-bond acceptors (Lipinski definition) is 2. The summed E-state index contributed by atoms with van der Waals surface area (Å²) in [6, 6.07) is 10.0. The van der Waals surface area contributed by atoms with E-state index in [1.807, 2.05) is 6.07 Å². The summed E-state index contributed by atoms with van der Waals surface area (Å²) in [6.45, 7) is 0. The zero-order valence-electron chi connectivity index (χ0n) is 12.0. The zero-order valence-corrected chi connectivity index (χ0v) is 12.0. The second kappa shape index (κ2) is 6.02. The Bertz CT molecular complexity index is 753. The number of nitrogens with two attached hydrogens (primary N) is 1. The van der Waals surface area contributed by atoms with E-state index in [-0.39, 0.29) is 11.6 Å². The SMILES string of the molecule is Nc1cc(F)ccc1NC(=O)/C=C/c1ccc2c(c1)CC[CH]2. The van der Waals surface area contributed by atoms with Crippen LogP contribution in [0.1, 0.15) is 23.1 Å². The Kier molecular flexibility index (Phi) is 3.92. The van der Waals surface area contributed by atoms with Crippen LogP contribution in [0.5, 0.6) is 0 Å². The van der Waals surface area contributed by atoms with E-state index in [4.69, 9.17) is 5.73 Å². The summed E-state index contributed by atoms with van der Waals surface area (Å²) in [6.07, 6.45) is 7.55. The molecule has 0 unspecified atom stereocenters. The van der Waals surface area contributed by atoms with Gasteiger partial charge in [0, 0.05) is 6.08 Å². The first-order valence-corrected chi connectivity index (χ1v) is 7.12. The molecule has 3 nitrogen and oxygen atoms in total. The summed E-state index contributed by atoms with van der Waals surface area (Å²) < 4.78 is 13.0. The van der Waals surface area contributed by atoms with Gasteiger partial charge in [-0.15, -0.1) is 0 Å². The molecule has 0 atom stereocenters. The minimum absolute atomic E-state index is 0.204. The van der Waals surface area contributed by atoms with Gasteiger partial charge in [-0.1, -0.05) is 18.2 Å². The van der Waals surface area contributed by atoms with E-state index in [1.165, 1.54) is 35.4 Å². The van der Waals surface area contributed by atoms with Gasteiger partial charge >= 0.3 is 0 Å². The van der Waals surface area contributed by atoms with Crippen LogP contribution >= 0.6 is 0 Å². The van der Waals surface area contributed by atoms with Gasteiger partial charge < -0.3 is 11.1 Å². The Balaban J connectivity index is 1.68. The molecule has 111 valence electrons. The van der Waals surface area contributed by atoms with Crippen LogP contribution < -0.4 is 11.1 Å². The lowest BCUT2D eigenvalue weighted by Crippen LogP contribution is -2.09. The molecule has 1 amide bonds. The van der Waals surface area contributed by atoms with Gasteiger partial charge in [-0.2, -0.15) is 0 Å². The fourth-order valence-electron chi connectivity index (χ4n) is 2.52. The molecule has 3 rings (SSSR count). The topological polar surface area (TPSA) is 55.1 Å². The minimum Gasteiger partial charge on any atom is -0.397 e. The number of aryl methyl sites for hydroxylation is 1. The number of rotatable bonds is 3. The summed E-state index contributed by atoms with van der Waals surface area (Å²) in [5.74, 6) is -0.730. The highest BCUT2D eigenvalue weighted by atomic mass is 19.1. The molecule has 0 aromatic heterocycles. The number of benzene rings is 2. The van der Waals surface area contributed by atoms with Gasteiger partial charge in [0.15, 0.2) is 0 Å². The maximum Gasteiger partial charge on any atom is 0.248 e. The maximum atomic E-state index is 13.0. The van der Waals surface area contributed by atoms with E-state index >= 15 is 0 Å². The van der Waals surface area contributed by atoms with Crippen molar-refractivity contribution in [1.29, 1.82) is 0 Å². The van der Waals surface area contributed by atoms with Crippen molar-refractivity contribution in [2.75, 3.05) is 11.1 Å². The lowest BCUT2D eigenvalue weighted by molar-refractivity contribution is -0.111. The molecule has 0 fully saturated rings. The van der Waals surface area contributed by atoms with E-state index in [9.17, 15) is 9.18 Å². The van der Waals surface area contributed by atoms with Crippen molar-refractivity contribution in [3.63, 3.8) is 0 Å². The maximum absolute atomic E-state index is 13.0. The first-order valence-electron chi connectivity index (χ1n) is 7.12. The van der Waals surface area contributed by atoms with Crippen molar-refractivity contribution in [1.82, 2.24) is 0 Å². The molecular weight excluding hydrogens is 279 g/mol. The fraction of sp³-hybridized carbons (Fsp3) is 0.111. The number of hydrogen-bond donors (Lipinski definition) is 2. The molecule has 0 saturated heterocycles. The third kappa shape index (κ3) is 3.17. The number of nitrogens with one attached hydrogen (secondary N) is 1. The molecule has 0 spiro atoms. The van der Waals surface area contributed by atoms with Crippen LogP contribution in [0.25, 0.3) is 6.08 Å². The van der Waals surface area contributed by atoms with Gasteiger partial charge in [0.25, 0.3) is 0 Å². The summed E-state index contributed by atoms with van der Waals surface area (Å²) in [5, 5.41) is 2.64. The molecule has 1 aliphatic carbocycles. The third-order valence-corrected chi connectivity index (χ3v) is 3.64. The van der Waals surface area contributed by atoms with E-state index in [0.717, 1.165) is 18.4 Å². The van der Waals surface area contributed by atoms with Crippen LogP contribution in [0, 0.1) is 12.2 Å². The fourth-order valence-corrected chi connectivity index (χ4v) is 2.52. The van der Waals surface area contributed by atoms with Crippen LogP contribution in [0.3, 0.4) is 0 Å². The van der Waals surface area contributed by atoms with Crippen molar-refractivity contribution in [2.45, 2.75) is 12.8 Å². The first kappa shape index (κ1) is 14.3. The summed E-state index contributed by atoms with van der Waals surface area (Å²) in [4.78, 5) is 11.9. The molecule has 4 heteroatoms. The molecule has 0 saturated carbocycles. The number of carbonyl (C=O) groups is 1. The molecule has 0 aliphatic heterocycles. The van der Waals surface area contributed by atoms with Crippen LogP contribution in [-0.4, -0.2) is 5.91 Å². The molecule has 1 aliphatic rings. The number of anilines is 2. The number of fused-ring (bicyclic) bond motifs is 1. The normalized spacial score (nSPS) is 13.3. The van der Waals surface area contributed by atoms with Crippen LogP contribution in [-0.2, 0) is 11.2 Å². The van der Waals surface area contributed by atoms with Gasteiger partial charge in [0.05, 0.1) is 11.4 Å². The Hall–Kier alpha value is -2.62. The summed E-state index contributed by atoms with van der Waals surface area (Å²) in [7, 11) is 0. The highest BCUT2D eigenvalue weighted by Gasteiger charge is 2.10. The van der Waals surface area contributed by atoms with Crippen molar-refractivity contribution >= 4 is 23.4 Å². The Morgan fingerprint density at radius 2 is 2.09 bits per heavy atom. The van der Waals surface area contributed by atoms with Gasteiger partial charge in [-0.25, -0.2) is 4.39 Å². The minimum atomic E-state index is -0.430. The van der Waals surface area contributed by atoms with Gasteiger partial charge in [0.1, 0.15) is 5.82 Å². The molecule has 2 aromatic carbocycles. The van der Waals surface area contributed by atoms with Gasteiger partial charge in [-0.3, -0.25) is 4.79 Å². The van der Waals surface area contributed by atoms with Gasteiger partial charge in [0.2, 0.25) is 5.91 Å².